The molecule has 0 spiro atoms. The zero-order valence-corrected chi connectivity index (χ0v) is 11.1. The normalized spacial score (nSPS) is 28.2. The molecule has 1 atom stereocenters. The molecule has 0 aromatic rings. The van der Waals surface area contributed by atoms with Crippen molar-refractivity contribution < 1.29 is 4.79 Å². The highest BCUT2D eigenvalue weighted by molar-refractivity contribution is 5.76. The predicted molar refractivity (Wildman–Crippen MR) is 69.9 cm³/mol. The molecule has 98 valence electrons. The number of hydrogen-bond acceptors (Lipinski definition) is 2. The summed E-state index contributed by atoms with van der Waals surface area (Å²) in [5, 5.41) is 3.31. The molecule has 1 N–H and O–H groups in total. The number of rotatable bonds is 3. The molecule has 2 aliphatic rings. The monoisotopic (exact) mass is 238 g/mol. The molecule has 1 aliphatic heterocycles. The number of hydrogen-bond donors (Lipinski definition) is 1. The summed E-state index contributed by atoms with van der Waals surface area (Å²) in [5.74, 6) is 1.16. The van der Waals surface area contributed by atoms with Crippen molar-refractivity contribution >= 4 is 5.91 Å². The third-order valence-electron chi connectivity index (χ3n) is 4.42. The largest absolute Gasteiger partial charge is 0.342 e. The summed E-state index contributed by atoms with van der Waals surface area (Å²) in [5.41, 5.74) is 0. The summed E-state index contributed by atoms with van der Waals surface area (Å²) in [7, 11) is 2.01. The topological polar surface area (TPSA) is 32.3 Å². The van der Waals surface area contributed by atoms with Gasteiger partial charge in [-0.05, 0) is 38.6 Å². The van der Waals surface area contributed by atoms with Crippen LogP contribution >= 0.6 is 0 Å². The fraction of sp³-hybridized carbons (Fsp3) is 0.929. The van der Waals surface area contributed by atoms with Crippen LogP contribution in [0.5, 0.6) is 0 Å². The first-order chi connectivity index (χ1) is 8.29. The van der Waals surface area contributed by atoms with Crippen LogP contribution in [0.25, 0.3) is 0 Å². The highest BCUT2D eigenvalue weighted by Crippen LogP contribution is 2.25. The van der Waals surface area contributed by atoms with Gasteiger partial charge in [0.2, 0.25) is 5.91 Å². The van der Waals surface area contributed by atoms with E-state index >= 15 is 0 Å². The second kappa shape index (κ2) is 6.39. The van der Waals surface area contributed by atoms with E-state index in [1.165, 1.54) is 32.1 Å². The SMILES string of the molecule is CNC1CCC(=O)N(CC2CCCCC2)CC1. The molecule has 0 aromatic carbocycles. The molecule has 0 radical (unpaired) electrons. The Kier molecular flexibility index (Phi) is 4.84. The average molecular weight is 238 g/mol. The molecule has 0 aromatic heterocycles. The lowest BCUT2D eigenvalue weighted by Crippen LogP contribution is -2.36. The Morgan fingerprint density at radius 2 is 1.94 bits per heavy atom. The molecule has 2 rings (SSSR count). The standard InChI is InChI=1S/C14H26N2O/c1-15-13-7-8-14(17)16(10-9-13)11-12-5-3-2-4-6-12/h12-13,15H,2-11H2,1H3. The van der Waals surface area contributed by atoms with Gasteiger partial charge in [-0.15, -0.1) is 0 Å². The fourth-order valence-electron chi connectivity index (χ4n) is 3.20. The number of nitrogens with one attached hydrogen (secondary N) is 1. The zero-order valence-electron chi connectivity index (χ0n) is 11.1. The summed E-state index contributed by atoms with van der Waals surface area (Å²) in [6, 6.07) is 0.537. The van der Waals surface area contributed by atoms with Crippen molar-refractivity contribution in [2.45, 2.75) is 57.4 Å². The van der Waals surface area contributed by atoms with E-state index < -0.39 is 0 Å². The second-order valence-electron chi connectivity index (χ2n) is 5.66. The minimum Gasteiger partial charge on any atom is -0.342 e. The van der Waals surface area contributed by atoms with Crippen molar-refractivity contribution in [3.05, 3.63) is 0 Å². The summed E-state index contributed by atoms with van der Waals surface area (Å²) in [6.07, 6.45) is 9.66. The van der Waals surface area contributed by atoms with E-state index in [9.17, 15) is 4.79 Å². The Morgan fingerprint density at radius 3 is 2.65 bits per heavy atom. The molecule has 2 fully saturated rings. The summed E-state index contributed by atoms with van der Waals surface area (Å²) >= 11 is 0. The minimum atomic E-state index is 0.383. The van der Waals surface area contributed by atoms with Crippen LogP contribution in [-0.2, 0) is 4.79 Å². The Bertz CT molecular complexity index is 249. The molecule has 1 aliphatic carbocycles. The van der Waals surface area contributed by atoms with Gasteiger partial charge in [-0.1, -0.05) is 19.3 Å². The van der Waals surface area contributed by atoms with Crippen LogP contribution in [0.1, 0.15) is 51.4 Å². The zero-order chi connectivity index (χ0) is 12.1. The van der Waals surface area contributed by atoms with Crippen LogP contribution in [0, 0.1) is 5.92 Å². The van der Waals surface area contributed by atoms with Crippen LogP contribution in [-0.4, -0.2) is 37.0 Å². The molecule has 17 heavy (non-hydrogen) atoms. The molecule has 1 unspecified atom stereocenters. The predicted octanol–water partition coefficient (Wildman–Crippen LogP) is 2.17. The van der Waals surface area contributed by atoms with Gasteiger partial charge in [0.25, 0.3) is 0 Å². The van der Waals surface area contributed by atoms with Crippen molar-refractivity contribution in [2.24, 2.45) is 5.92 Å². The summed E-state index contributed by atoms with van der Waals surface area (Å²) in [6.45, 7) is 1.98. The summed E-state index contributed by atoms with van der Waals surface area (Å²) in [4.78, 5) is 14.2. The highest BCUT2D eigenvalue weighted by Gasteiger charge is 2.24. The Labute approximate surface area is 105 Å². The Hall–Kier alpha value is -0.570. The molecular weight excluding hydrogens is 212 g/mol. The lowest BCUT2D eigenvalue weighted by Gasteiger charge is -2.29. The first kappa shape index (κ1) is 12.9. The molecule has 1 saturated heterocycles. The number of amides is 1. The maximum atomic E-state index is 12.0. The second-order valence-corrected chi connectivity index (χ2v) is 5.66. The van der Waals surface area contributed by atoms with Gasteiger partial charge in [-0.2, -0.15) is 0 Å². The molecule has 1 heterocycles. The van der Waals surface area contributed by atoms with E-state index in [1.54, 1.807) is 0 Å². The maximum absolute atomic E-state index is 12.0. The first-order valence-corrected chi connectivity index (χ1v) is 7.24. The molecule has 1 amide bonds. The average Bonchev–Trinajstić information content (AvgIpc) is 2.54. The number of likely N-dealkylation sites (tertiary alicyclic amines) is 1. The minimum absolute atomic E-state index is 0.383. The van der Waals surface area contributed by atoms with Crippen molar-refractivity contribution in [1.82, 2.24) is 10.2 Å². The van der Waals surface area contributed by atoms with Gasteiger partial charge in [0.05, 0.1) is 0 Å². The van der Waals surface area contributed by atoms with E-state index in [-0.39, 0.29) is 0 Å². The van der Waals surface area contributed by atoms with Gasteiger partial charge < -0.3 is 10.2 Å². The van der Waals surface area contributed by atoms with Crippen LogP contribution < -0.4 is 5.32 Å². The van der Waals surface area contributed by atoms with E-state index in [0.717, 1.165) is 38.3 Å². The smallest absolute Gasteiger partial charge is 0.222 e. The Morgan fingerprint density at radius 1 is 1.18 bits per heavy atom. The molecule has 1 saturated carbocycles. The number of carbonyl (C=O) groups is 1. The van der Waals surface area contributed by atoms with E-state index in [1.807, 2.05) is 7.05 Å². The quantitative estimate of drug-likeness (QED) is 0.817. The molecule has 0 bridgehead atoms. The Balaban J connectivity index is 1.83. The fourth-order valence-corrected chi connectivity index (χ4v) is 3.20. The van der Waals surface area contributed by atoms with Crippen LogP contribution in [0.3, 0.4) is 0 Å². The van der Waals surface area contributed by atoms with E-state index in [2.05, 4.69) is 10.2 Å². The number of nitrogens with zero attached hydrogens (tertiary/aromatic N) is 1. The van der Waals surface area contributed by atoms with Gasteiger partial charge in [0, 0.05) is 25.6 Å². The van der Waals surface area contributed by atoms with Gasteiger partial charge in [-0.25, -0.2) is 0 Å². The van der Waals surface area contributed by atoms with Gasteiger partial charge in [-0.3, -0.25) is 4.79 Å². The van der Waals surface area contributed by atoms with Crippen molar-refractivity contribution in [3.63, 3.8) is 0 Å². The van der Waals surface area contributed by atoms with E-state index in [0.29, 0.717) is 11.9 Å². The first-order valence-electron chi connectivity index (χ1n) is 7.24. The lowest BCUT2D eigenvalue weighted by atomic mass is 9.89. The summed E-state index contributed by atoms with van der Waals surface area (Å²) < 4.78 is 0. The molecule has 3 heteroatoms. The van der Waals surface area contributed by atoms with Crippen LogP contribution in [0.4, 0.5) is 0 Å². The van der Waals surface area contributed by atoms with Crippen molar-refractivity contribution in [2.75, 3.05) is 20.1 Å². The third-order valence-corrected chi connectivity index (χ3v) is 4.42. The van der Waals surface area contributed by atoms with Crippen molar-refractivity contribution in [3.8, 4) is 0 Å². The highest BCUT2D eigenvalue weighted by atomic mass is 16.2. The van der Waals surface area contributed by atoms with E-state index in [4.69, 9.17) is 0 Å². The van der Waals surface area contributed by atoms with Gasteiger partial charge in [0.15, 0.2) is 0 Å². The van der Waals surface area contributed by atoms with Crippen molar-refractivity contribution in [1.29, 1.82) is 0 Å². The lowest BCUT2D eigenvalue weighted by molar-refractivity contribution is -0.131. The van der Waals surface area contributed by atoms with Gasteiger partial charge in [0.1, 0.15) is 0 Å². The van der Waals surface area contributed by atoms with Crippen LogP contribution in [0.2, 0.25) is 0 Å². The number of carbonyl (C=O) groups excluding carboxylic acids is 1. The molecule has 3 nitrogen and oxygen atoms in total. The third kappa shape index (κ3) is 3.70. The van der Waals surface area contributed by atoms with Crippen LogP contribution in [0.15, 0.2) is 0 Å². The van der Waals surface area contributed by atoms with Gasteiger partial charge >= 0.3 is 0 Å². The molecular formula is C14H26N2O. The maximum Gasteiger partial charge on any atom is 0.222 e.